The third-order valence-corrected chi connectivity index (χ3v) is 2.86. The molecule has 2 heterocycles. The molecule has 2 saturated heterocycles. The highest BCUT2D eigenvalue weighted by Gasteiger charge is 2.44. The van der Waals surface area contributed by atoms with Crippen LogP contribution in [0.5, 0.6) is 0 Å². The minimum Gasteiger partial charge on any atom is -0.317 e. The van der Waals surface area contributed by atoms with Crippen LogP contribution in [0.3, 0.4) is 0 Å². The van der Waals surface area contributed by atoms with E-state index in [1.807, 2.05) is 6.92 Å². The molecular weight excluding hydrogens is 168 g/mol. The first-order valence-corrected chi connectivity index (χ1v) is 4.96. The third-order valence-electron chi connectivity index (χ3n) is 2.86. The Balaban J connectivity index is 2.05. The van der Waals surface area contributed by atoms with Crippen LogP contribution in [0.15, 0.2) is 0 Å². The number of nitrogens with zero attached hydrogens (tertiary/aromatic N) is 1. The summed E-state index contributed by atoms with van der Waals surface area (Å²) in [5.41, 5.74) is -0.168. The fraction of sp³-hybridized carbons (Fsp3) is 0.889. The van der Waals surface area contributed by atoms with Crippen LogP contribution in [-0.2, 0) is 9.63 Å². The van der Waals surface area contributed by atoms with Gasteiger partial charge in [0, 0.05) is 6.54 Å². The standard InChI is InChI=1S/C9H16N2O2/c1-2-11-8(12)7-9(13-11)3-5-10-6-4-9/h10H,2-7H2,1H3. The molecule has 0 bridgehead atoms. The topological polar surface area (TPSA) is 41.6 Å². The van der Waals surface area contributed by atoms with E-state index < -0.39 is 0 Å². The maximum absolute atomic E-state index is 11.5. The van der Waals surface area contributed by atoms with Crippen LogP contribution in [0.2, 0.25) is 0 Å². The van der Waals surface area contributed by atoms with Crippen molar-refractivity contribution in [2.24, 2.45) is 0 Å². The minimum absolute atomic E-state index is 0.143. The number of carbonyl (C=O) groups excluding carboxylic acids is 1. The summed E-state index contributed by atoms with van der Waals surface area (Å²) in [5.74, 6) is 0.143. The predicted octanol–water partition coefficient (Wildman–Crippen LogP) is 0.292. The van der Waals surface area contributed by atoms with E-state index in [9.17, 15) is 4.79 Å². The van der Waals surface area contributed by atoms with E-state index in [1.54, 1.807) is 0 Å². The molecule has 0 atom stereocenters. The first kappa shape index (κ1) is 8.97. The molecule has 2 aliphatic heterocycles. The molecule has 0 saturated carbocycles. The number of hydrogen-bond donors (Lipinski definition) is 1. The Morgan fingerprint density at radius 1 is 1.54 bits per heavy atom. The van der Waals surface area contributed by atoms with Gasteiger partial charge in [-0.05, 0) is 32.9 Å². The molecule has 1 spiro atoms. The van der Waals surface area contributed by atoms with Gasteiger partial charge in [0.25, 0.3) is 0 Å². The van der Waals surface area contributed by atoms with Crippen molar-refractivity contribution in [3.8, 4) is 0 Å². The van der Waals surface area contributed by atoms with Crippen LogP contribution in [0.1, 0.15) is 26.2 Å². The van der Waals surface area contributed by atoms with Crippen LogP contribution >= 0.6 is 0 Å². The van der Waals surface area contributed by atoms with E-state index in [0.29, 0.717) is 13.0 Å². The van der Waals surface area contributed by atoms with Crippen LogP contribution in [0, 0.1) is 0 Å². The number of hydrogen-bond acceptors (Lipinski definition) is 3. The number of amides is 1. The summed E-state index contributed by atoms with van der Waals surface area (Å²) in [6.45, 7) is 4.53. The zero-order valence-electron chi connectivity index (χ0n) is 8.01. The summed E-state index contributed by atoms with van der Waals surface area (Å²) in [6.07, 6.45) is 2.48. The van der Waals surface area contributed by atoms with Gasteiger partial charge in [-0.2, -0.15) is 0 Å². The van der Waals surface area contributed by atoms with Crippen molar-refractivity contribution >= 4 is 5.91 Å². The van der Waals surface area contributed by atoms with Crippen molar-refractivity contribution < 1.29 is 9.63 Å². The van der Waals surface area contributed by atoms with E-state index in [2.05, 4.69) is 5.32 Å². The fourth-order valence-corrected chi connectivity index (χ4v) is 2.07. The highest BCUT2D eigenvalue weighted by molar-refractivity contribution is 5.78. The van der Waals surface area contributed by atoms with E-state index in [-0.39, 0.29) is 11.5 Å². The normalized spacial score (nSPS) is 27.2. The maximum Gasteiger partial charge on any atom is 0.249 e. The Morgan fingerprint density at radius 3 is 2.77 bits per heavy atom. The average Bonchev–Trinajstić information content (AvgIpc) is 2.44. The lowest BCUT2D eigenvalue weighted by atomic mass is 9.90. The molecule has 74 valence electrons. The monoisotopic (exact) mass is 184 g/mol. The third kappa shape index (κ3) is 1.56. The minimum atomic E-state index is -0.168. The number of carbonyl (C=O) groups is 1. The molecule has 0 unspecified atom stereocenters. The van der Waals surface area contributed by atoms with Gasteiger partial charge in [-0.25, -0.2) is 5.06 Å². The van der Waals surface area contributed by atoms with Crippen molar-refractivity contribution in [2.75, 3.05) is 19.6 Å². The lowest BCUT2D eigenvalue weighted by Gasteiger charge is -2.31. The van der Waals surface area contributed by atoms with E-state index in [1.165, 1.54) is 5.06 Å². The largest absolute Gasteiger partial charge is 0.317 e. The zero-order chi connectivity index (χ0) is 9.31. The second-order valence-electron chi connectivity index (χ2n) is 3.79. The molecule has 0 aromatic carbocycles. The summed E-state index contributed by atoms with van der Waals surface area (Å²) >= 11 is 0. The number of piperidine rings is 1. The Kier molecular flexibility index (Phi) is 2.26. The van der Waals surface area contributed by atoms with E-state index in [4.69, 9.17) is 4.84 Å². The number of hydroxylamine groups is 2. The van der Waals surface area contributed by atoms with Gasteiger partial charge in [-0.1, -0.05) is 0 Å². The SMILES string of the molecule is CCN1OC2(CCNCC2)CC1=O. The van der Waals surface area contributed by atoms with Crippen molar-refractivity contribution in [1.82, 2.24) is 10.4 Å². The van der Waals surface area contributed by atoms with Gasteiger partial charge < -0.3 is 5.32 Å². The Bertz CT molecular complexity index is 212. The Hall–Kier alpha value is -0.610. The predicted molar refractivity (Wildman–Crippen MR) is 47.9 cm³/mol. The molecule has 2 rings (SSSR count). The number of nitrogens with one attached hydrogen (secondary N) is 1. The van der Waals surface area contributed by atoms with Crippen LogP contribution < -0.4 is 5.32 Å². The van der Waals surface area contributed by atoms with Gasteiger partial charge in [0.2, 0.25) is 5.91 Å². The molecule has 0 aromatic heterocycles. The molecule has 0 radical (unpaired) electrons. The van der Waals surface area contributed by atoms with Gasteiger partial charge in [-0.3, -0.25) is 9.63 Å². The summed E-state index contributed by atoms with van der Waals surface area (Å²) in [5, 5.41) is 4.78. The molecule has 4 heteroatoms. The van der Waals surface area contributed by atoms with Gasteiger partial charge in [0.1, 0.15) is 5.60 Å². The van der Waals surface area contributed by atoms with E-state index in [0.717, 1.165) is 25.9 Å². The van der Waals surface area contributed by atoms with Crippen molar-refractivity contribution in [1.29, 1.82) is 0 Å². The van der Waals surface area contributed by atoms with Gasteiger partial charge in [0.05, 0.1) is 6.42 Å². The van der Waals surface area contributed by atoms with Crippen LogP contribution in [0.25, 0.3) is 0 Å². The molecular formula is C9H16N2O2. The smallest absolute Gasteiger partial charge is 0.249 e. The average molecular weight is 184 g/mol. The summed E-state index contributed by atoms with van der Waals surface area (Å²) in [4.78, 5) is 17.2. The van der Waals surface area contributed by atoms with Gasteiger partial charge in [0.15, 0.2) is 0 Å². The van der Waals surface area contributed by atoms with Gasteiger partial charge in [-0.15, -0.1) is 0 Å². The Labute approximate surface area is 78.2 Å². The maximum atomic E-state index is 11.5. The molecule has 0 aromatic rings. The summed E-state index contributed by atoms with van der Waals surface area (Å²) in [7, 11) is 0. The highest BCUT2D eigenvalue weighted by Crippen LogP contribution is 2.34. The van der Waals surface area contributed by atoms with E-state index >= 15 is 0 Å². The van der Waals surface area contributed by atoms with Gasteiger partial charge >= 0.3 is 0 Å². The first-order valence-electron chi connectivity index (χ1n) is 4.96. The van der Waals surface area contributed by atoms with Crippen molar-refractivity contribution in [2.45, 2.75) is 31.8 Å². The highest BCUT2D eigenvalue weighted by atomic mass is 16.7. The summed E-state index contributed by atoms with van der Waals surface area (Å²) < 4.78 is 0. The fourth-order valence-electron chi connectivity index (χ4n) is 2.07. The molecule has 2 fully saturated rings. The molecule has 2 aliphatic rings. The Morgan fingerprint density at radius 2 is 2.23 bits per heavy atom. The van der Waals surface area contributed by atoms with Crippen LogP contribution in [-0.4, -0.2) is 36.2 Å². The molecule has 13 heavy (non-hydrogen) atoms. The number of rotatable bonds is 1. The van der Waals surface area contributed by atoms with Crippen molar-refractivity contribution in [3.05, 3.63) is 0 Å². The molecule has 0 aliphatic carbocycles. The molecule has 1 amide bonds. The first-order chi connectivity index (χ1) is 6.26. The second-order valence-corrected chi connectivity index (χ2v) is 3.79. The molecule has 4 nitrogen and oxygen atoms in total. The zero-order valence-corrected chi connectivity index (χ0v) is 8.01. The quantitative estimate of drug-likeness (QED) is 0.637. The van der Waals surface area contributed by atoms with Crippen molar-refractivity contribution in [3.63, 3.8) is 0 Å². The summed E-state index contributed by atoms with van der Waals surface area (Å²) in [6, 6.07) is 0. The second kappa shape index (κ2) is 3.27. The lowest BCUT2D eigenvalue weighted by molar-refractivity contribution is -0.203. The lowest BCUT2D eigenvalue weighted by Crippen LogP contribution is -2.42. The molecule has 1 N–H and O–H groups in total. The van der Waals surface area contributed by atoms with Crippen LogP contribution in [0.4, 0.5) is 0 Å².